The van der Waals surface area contributed by atoms with Crippen LogP contribution in [-0.2, 0) is 4.74 Å². The summed E-state index contributed by atoms with van der Waals surface area (Å²) in [5.41, 5.74) is 2.93. The lowest BCUT2D eigenvalue weighted by molar-refractivity contribution is -0.385. The number of nitro benzene ring substituents is 1. The van der Waals surface area contributed by atoms with Crippen LogP contribution in [0.15, 0.2) is 66.7 Å². The van der Waals surface area contributed by atoms with E-state index < -0.39 is 34.1 Å². The van der Waals surface area contributed by atoms with Gasteiger partial charge in [-0.25, -0.2) is 14.0 Å². The number of hydrogen-bond acceptors (Lipinski definition) is 5. The minimum absolute atomic E-state index is 0.0550. The predicted molar refractivity (Wildman–Crippen MR) is 127 cm³/mol. The second-order valence-electron chi connectivity index (χ2n) is 7.90. The molecule has 0 heterocycles. The lowest BCUT2D eigenvalue weighted by Gasteiger charge is -2.14. The molecule has 9 heteroatoms. The first-order valence-corrected chi connectivity index (χ1v) is 10.8. The number of nitrogens with one attached hydrogen (secondary N) is 1. The summed E-state index contributed by atoms with van der Waals surface area (Å²) >= 11 is 0. The molecule has 0 spiro atoms. The van der Waals surface area contributed by atoms with Gasteiger partial charge in [0, 0.05) is 24.1 Å². The number of halogens is 1. The van der Waals surface area contributed by atoms with Crippen LogP contribution in [0.3, 0.4) is 0 Å². The van der Waals surface area contributed by atoms with E-state index in [4.69, 9.17) is 9.84 Å². The number of amides is 1. The van der Waals surface area contributed by atoms with E-state index in [0.717, 1.165) is 28.3 Å². The number of carboxylic acids is 1. The Labute approximate surface area is 199 Å². The molecule has 0 saturated carbocycles. The summed E-state index contributed by atoms with van der Waals surface area (Å²) in [7, 11) is 0. The molecule has 0 saturated heterocycles. The van der Waals surface area contributed by atoms with Gasteiger partial charge >= 0.3 is 12.1 Å². The van der Waals surface area contributed by atoms with Crippen LogP contribution in [-0.4, -0.2) is 35.2 Å². The third kappa shape index (κ3) is 5.03. The number of benzene rings is 3. The number of ether oxygens (including phenoxy) is 1. The normalized spacial score (nSPS) is 12.3. The molecule has 1 aliphatic rings. The van der Waals surface area contributed by atoms with Crippen LogP contribution in [0.1, 0.15) is 39.4 Å². The summed E-state index contributed by atoms with van der Waals surface area (Å²) in [4.78, 5) is 33.4. The quantitative estimate of drug-likeness (QED) is 0.256. The number of nitrogens with zero attached hydrogens (tertiary/aromatic N) is 1. The lowest BCUT2D eigenvalue weighted by Crippen LogP contribution is -2.26. The number of nitro groups is 1. The SMILES string of the molecule is O=C(NCCC=Cc1cc([N+](=O)[O-])c(C(=O)O)cc1F)OCC1c2ccccc2-c2ccccc21. The van der Waals surface area contributed by atoms with Crippen LogP contribution in [0.5, 0.6) is 0 Å². The highest BCUT2D eigenvalue weighted by Gasteiger charge is 2.29. The number of fused-ring (bicyclic) bond motifs is 3. The molecule has 8 nitrogen and oxygen atoms in total. The van der Waals surface area contributed by atoms with E-state index in [1.165, 1.54) is 12.2 Å². The molecule has 35 heavy (non-hydrogen) atoms. The maximum Gasteiger partial charge on any atom is 0.407 e. The van der Waals surface area contributed by atoms with E-state index in [2.05, 4.69) is 5.32 Å². The highest BCUT2D eigenvalue weighted by Crippen LogP contribution is 2.44. The van der Waals surface area contributed by atoms with E-state index in [1.807, 2.05) is 48.5 Å². The molecule has 0 fully saturated rings. The summed E-state index contributed by atoms with van der Waals surface area (Å²) in [6.07, 6.45) is 2.53. The van der Waals surface area contributed by atoms with Gasteiger partial charge in [0.2, 0.25) is 0 Å². The van der Waals surface area contributed by atoms with Crippen molar-refractivity contribution in [1.29, 1.82) is 0 Å². The Kier molecular flexibility index (Phi) is 6.86. The van der Waals surface area contributed by atoms with Crippen molar-refractivity contribution in [2.24, 2.45) is 0 Å². The molecular formula is C26H21FN2O6. The number of alkyl carbamates (subject to hydrolysis) is 1. The third-order valence-corrected chi connectivity index (χ3v) is 5.76. The highest BCUT2D eigenvalue weighted by molar-refractivity contribution is 5.93. The fraction of sp³-hybridized carbons (Fsp3) is 0.154. The van der Waals surface area contributed by atoms with Crippen molar-refractivity contribution in [2.45, 2.75) is 12.3 Å². The Morgan fingerprint density at radius 1 is 1.09 bits per heavy atom. The average molecular weight is 476 g/mol. The Morgan fingerprint density at radius 3 is 2.31 bits per heavy atom. The topological polar surface area (TPSA) is 119 Å². The van der Waals surface area contributed by atoms with Gasteiger partial charge in [0.25, 0.3) is 5.69 Å². The number of carboxylic acid groups (broad SMARTS) is 1. The molecule has 0 aliphatic heterocycles. The molecule has 0 atom stereocenters. The van der Waals surface area contributed by atoms with Gasteiger partial charge in [-0.05, 0) is 34.7 Å². The van der Waals surface area contributed by atoms with Gasteiger partial charge in [-0.2, -0.15) is 0 Å². The van der Waals surface area contributed by atoms with Crippen LogP contribution < -0.4 is 5.32 Å². The maximum absolute atomic E-state index is 14.1. The van der Waals surface area contributed by atoms with Gasteiger partial charge in [0.15, 0.2) is 0 Å². The van der Waals surface area contributed by atoms with Crippen LogP contribution in [0, 0.1) is 15.9 Å². The van der Waals surface area contributed by atoms with Crippen molar-refractivity contribution in [3.8, 4) is 11.1 Å². The molecule has 2 N–H and O–H groups in total. The zero-order valence-electron chi connectivity index (χ0n) is 18.4. The smallest absolute Gasteiger partial charge is 0.407 e. The summed E-state index contributed by atoms with van der Waals surface area (Å²) in [5.74, 6) is -2.53. The Balaban J connectivity index is 1.30. The van der Waals surface area contributed by atoms with Crippen LogP contribution >= 0.6 is 0 Å². The number of carbonyl (C=O) groups excluding carboxylic acids is 1. The zero-order chi connectivity index (χ0) is 24.9. The molecule has 0 radical (unpaired) electrons. The minimum atomic E-state index is -1.58. The van der Waals surface area contributed by atoms with Crippen molar-refractivity contribution in [3.05, 3.63) is 105 Å². The molecular weight excluding hydrogens is 455 g/mol. The standard InChI is InChI=1S/C26H21FN2O6/c27-23-14-21(25(30)31)24(29(33)34)13-16(23)7-5-6-12-28-26(32)35-15-22-19-10-3-1-8-17(19)18-9-2-4-11-20(18)22/h1-5,7-11,13-14,22H,6,12,15H2,(H,28,32)(H,30,31). The molecule has 3 aromatic rings. The Morgan fingerprint density at radius 2 is 1.71 bits per heavy atom. The van der Waals surface area contributed by atoms with Gasteiger partial charge in [-0.15, -0.1) is 0 Å². The van der Waals surface area contributed by atoms with E-state index in [9.17, 15) is 24.1 Å². The minimum Gasteiger partial charge on any atom is -0.477 e. The molecule has 3 aromatic carbocycles. The molecule has 1 amide bonds. The Hall–Kier alpha value is -4.53. The molecule has 1 aliphatic carbocycles. The zero-order valence-corrected chi connectivity index (χ0v) is 18.4. The van der Waals surface area contributed by atoms with E-state index in [1.54, 1.807) is 0 Å². The van der Waals surface area contributed by atoms with Crippen LogP contribution in [0.25, 0.3) is 17.2 Å². The van der Waals surface area contributed by atoms with Crippen molar-refractivity contribution in [1.82, 2.24) is 5.32 Å². The second-order valence-corrected chi connectivity index (χ2v) is 7.90. The first-order chi connectivity index (χ1) is 16.9. The summed E-state index contributed by atoms with van der Waals surface area (Å²) in [5, 5.41) is 22.7. The highest BCUT2D eigenvalue weighted by atomic mass is 19.1. The molecule has 178 valence electrons. The molecule has 0 bridgehead atoms. The van der Waals surface area contributed by atoms with Gasteiger partial charge < -0.3 is 15.2 Å². The fourth-order valence-electron chi connectivity index (χ4n) is 4.15. The van der Waals surface area contributed by atoms with Gasteiger partial charge in [0.1, 0.15) is 18.0 Å². The van der Waals surface area contributed by atoms with Crippen molar-refractivity contribution in [2.75, 3.05) is 13.2 Å². The summed E-state index contributed by atoms with van der Waals surface area (Å²) < 4.78 is 19.6. The summed E-state index contributed by atoms with van der Waals surface area (Å²) in [6, 6.07) is 17.5. The number of rotatable bonds is 8. The predicted octanol–water partition coefficient (Wildman–Crippen LogP) is 5.37. The second kappa shape index (κ2) is 10.2. The van der Waals surface area contributed by atoms with E-state index in [-0.39, 0.29) is 24.6 Å². The maximum atomic E-state index is 14.1. The molecule has 0 unspecified atom stereocenters. The van der Waals surface area contributed by atoms with Crippen LogP contribution in [0.2, 0.25) is 0 Å². The molecule has 4 rings (SSSR count). The van der Waals surface area contributed by atoms with E-state index in [0.29, 0.717) is 12.5 Å². The third-order valence-electron chi connectivity index (χ3n) is 5.76. The number of carbonyl (C=O) groups is 2. The fourth-order valence-corrected chi connectivity index (χ4v) is 4.15. The summed E-state index contributed by atoms with van der Waals surface area (Å²) in [6.45, 7) is 0.380. The van der Waals surface area contributed by atoms with Crippen molar-refractivity contribution >= 4 is 23.8 Å². The first kappa shape index (κ1) is 23.6. The van der Waals surface area contributed by atoms with Crippen molar-refractivity contribution in [3.63, 3.8) is 0 Å². The van der Waals surface area contributed by atoms with Gasteiger partial charge in [-0.3, -0.25) is 10.1 Å². The lowest BCUT2D eigenvalue weighted by atomic mass is 9.98. The van der Waals surface area contributed by atoms with Crippen molar-refractivity contribution < 1.29 is 28.7 Å². The largest absolute Gasteiger partial charge is 0.477 e. The number of aromatic carboxylic acids is 1. The number of hydrogen-bond donors (Lipinski definition) is 2. The van der Waals surface area contributed by atoms with E-state index >= 15 is 0 Å². The first-order valence-electron chi connectivity index (χ1n) is 10.8. The van der Waals surface area contributed by atoms with Crippen LogP contribution in [0.4, 0.5) is 14.9 Å². The average Bonchev–Trinajstić information content (AvgIpc) is 3.16. The Bertz CT molecular complexity index is 1290. The molecule has 0 aromatic heterocycles. The van der Waals surface area contributed by atoms with Gasteiger partial charge in [-0.1, -0.05) is 60.7 Å². The monoisotopic (exact) mass is 476 g/mol. The van der Waals surface area contributed by atoms with Gasteiger partial charge in [0.05, 0.1) is 4.92 Å².